The number of thiol groups is 1. The zero-order chi connectivity index (χ0) is 20.5. The molecule has 0 unspecified atom stereocenters. The summed E-state index contributed by atoms with van der Waals surface area (Å²) in [7, 11) is -4.93. The second-order valence-electron chi connectivity index (χ2n) is 5.29. The second kappa shape index (κ2) is 11.3. The minimum absolute atomic E-state index is 0.117. The van der Waals surface area contributed by atoms with E-state index in [1.54, 1.807) is 0 Å². The summed E-state index contributed by atoms with van der Waals surface area (Å²) in [5.74, 6) is -5.34. The van der Waals surface area contributed by atoms with E-state index in [-0.39, 0.29) is 25.0 Å². The van der Waals surface area contributed by atoms with E-state index >= 15 is 0 Å². The van der Waals surface area contributed by atoms with E-state index in [1.807, 2.05) is 5.32 Å². The average Bonchev–Trinajstić information content (AvgIpc) is 2.52. The lowest BCUT2D eigenvalue weighted by Crippen LogP contribution is -2.47. The van der Waals surface area contributed by atoms with Crippen molar-refractivity contribution in [1.82, 2.24) is 5.32 Å². The van der Waals surface area contributed by atoms with Crippen LogP contribution < -0.4 is 11.1 Å². The normalized spacial score (nSPS) is 14.9. The number of hydrogen-bond acceptors (Lipinski definition) is 8. The summed E-state index contributed by atoms with van der Waals surface area (Å²) >= 11 is 3.91. The highest BCUT2D eigenvalue weighted by Crippen LogP contribution is 2.35. The van der Waals surface area contributed by atoms with Crippen LogP contribution in [-0.2, 0) is 28.3 Å². The van der Waals surface area contributed by atoms with Crippen LogP contribution in [0.2, 0.25) is 0 Å². The zero-order valence-corrected chi connectivity index (χ0v) is 15.3. The van der Waals surface area contributed by atoms with Crippen molar-refractivity contribution in [2.45, 2.75) is 31.3 Å². The van der Waals surface area contributed by atoms with Gasteiger partial charge in [-0.2, -0.15) is 12.6 Å². The Morgan fingerprint density at radius 3 is 2.15 bits per heavy atom. The molecule has 14 heteroatoms. The quantitative estimate of drug-likeness (QED) is 0.133. The van der Waals surface area contributed by atoms with Gasteiger partial charge >= 0.3 is 19.8 Å². The number of carboxylic acids is 2. The lowest BCUT2D eigenvalue weighted by atomic mass is 9.99. The molecule has 0 rings (SSSR count). The Morgan fingerprint density at radius 1 is 1.15 bits per heavy atom. The molecular formula is C12H21N2O10PS. The van der Waals surface area contributed by atoms with Gasteiger partial charge in [0, 0.05) is 18.6 Å². The van der Waals surface area contributed by atoms with E-state index in [4.69, 9.17) is 25.7 Å². The Hall–Kier alpha value is -1.50. The first-order chi connectivity index (χ1) is 11.9. The van der Waals surface area contributed by atoms with Crippen molar-refractivity contribution in [3.8, 4) is 0 Å². The molecule has 0 aromatic heterocycles. The highest BCUT2D eigenvalue weighted by atomic mass is 32.1. The fourth-order valence-electron chi connectivity index (χ4n) is 1.69. The highest BCUT2D eigenvalue weighted by Gasteiger charge is 2.28. The number of nitrogens with one attached hydrogen (secondary N) is 1. The molecule has 1 amide bonds. The number of aliphatic carboxylic acids is 2. The maximum Gasteiger partial charge on any atom is 0.469 e. The minimum Gasteiger partial charge on any atom is -0.480 e. The summed E-state index contributed by atoms with van der Waals surface area (Å²) in [6.45, 7) is -0.980. The van der Waals surface area contributed by atoms with Gasteiger partial charge in [0.15, 0.2) is 6.04 Å². The molecular weight excluding hydrogens is 395 g/mol. The van der Waals surface area contributed by atoms with Crippen LogP contribution in [0.3, 0.4) is 0 Å². The molecule has 0 aliphatic rings. The second-order valence-corrected chi connectivity index (χ2v) is 6.90. The van der Waals surface area contributed by atoms with Crippen molar-refractivity contribution in [3.63, 3.8) is 0 Å². The van der Waals surface area contributed by atoms with E-state index in [1.165, 1.54) is 0 Å². The smallest absolute Gasteiger partial charge is 0.469 e. The summed E-state index contributed by atoms with van der Waals surface area (Å²) in [6, 6.07) is -2.96. The molecule has 0 aromatic rings. The van der Waals surface area contributed by atoms with Crippen molar-refractivity contribution in [2.24, 2.45) is 11.7 Å². The number of hydrogen-bond donors (Lipinski definition) is 7. The third-order valence-corrected chi connectivity index (χ3v) is 4.07. The van der Waals surface area contributed by atoms with Gasteiger partial charge in [0.2, 0.25) is 5.91 Å². The van der Waals surface area contributed by atoms with E-state index in [2.05, 4.69) is 17.2 Å². The number of carbonyl (C=O) groups is 4. The van der Waals surface area contributed by atoms with Crippen LogP contribution in [0.4, 0.5) is 0 Å². The standard InChI is InChI=1S/C12H21N2O10PS/c13-8(11(17)18)2-1-7(15)3-6(5-26)10(16)14-9(12(19)20)4-24-25(21,22)23/h6,8-9,26H,1-5,13H2,(H,14,16)(H,17,18)(H,19,20)(H2,21,22,23)/t6-,8-,9-/m0/s1. The van der Waals surface area contributed by atoms with Gasteiger partial charge in [0.25, 0.3) is 0 Å². The molecule has 0 aliphatic carbocycles. The van der Waals surface area contributed by atoms with E-state index in [0.29, 0.717) is 0 Å². The molecule has 0 aromatic carbocycles. The van der Waals surface area contributed by atoms with Crippen LogP contribution in [0.25, 0.3) is 0 Å². The van der Waals surface area contributed by atoms with Crippen molar-refractivity contribution in [2.75, 3.05) is 12.4 Å². The SMILES string of the molecule is N[C@@H](CCC(=O)C[C@@H](CS)C(=O)N[C@@H](COP(=O)(O)O)C(=O)O)C(=O)O. The molecule has 0 bridgehead atoms. The third kappa shape index (κ3) is 10.5. The lowest BCUT2D eigenvalue weighted by molar-refractivity contribution is -0.143. The molecule has 0 radical (unpaired) electrons. The number of carboxylic acid groups (broad SMARTS) is 2. The summed E-state index contributed by atoms with van der Waals surface area (Å²) < 4.78 is 14.7. The van der Waals surface area contributed by atoms with Crippen LogP contribution >= 0.6 is 20.5 Å². The van der Waals surface area contributed by atoms with Crippen LogP contribution in [-0.4, -0.2) is 68.1 Å². The molecule has 12 nitrogen and oxygen atoms in total. The molecule has 26 heavy (non-hydrogen) atoms. The number of phosphoric ester groups is 1. The Bertz CT molecular complexity index is 580. The largest absolute Gasteiger partial charge is 0.480 e. The van der Waals surface area contributed by atoms with Crippen LogP contribution in [0, 0.1) is 5.92 Å². The summed E-state index contributed by atoms with van der Waals surface area (Å²) in [4.78, 5) is 62.6. The number of ketones is 1. The molecule has 0 saturated carbocycles. The number of Topliss-reactive ketones (excluding diaryl/α,β-unsaturated/α-hetero) is 1. The van der Waals surface area contributed by atoms with E-state index in [9.17, 15) is 23.7 Å². The van der Waals surface area contributed by atoms with Gasteiger partial charge in [0.1, 0.15) is 11.8 Å². The Kier molecular flexibility index (Phi) is 10.6. The molecule has 0 aliphatic heterocycles. The number of phosphoric acid groups is 1. The minimum atomic E-state index is -4.93. The van der Waals surface area contributed by atoms with E-state index < -0.39 is 56.1 Å². The van der Waals surface area contributed by atoms with Crippen LogP contribution in [0.5, 0.6) is 0 Å². The summed E-state index contributed by atoms with van der Waals surface area (Å²) in [5.41, 5.74) is 5.27. The van der Waals surface area contributed by atoms with Gasteiger partial charge in [-0.25, -0.2) is 9.36 Å². The molecule has 0 fully saturated rings. The molecule has 7 N–H and O–H groups in total. The van der Waals surface area contributed by atoms with Crippen molar-refractivity contribution < 1.29 is 48.3 Å². The van der Waals surface area contributed by atoms with Crippen molar-refractivity contribution in [1.29, 1.82) is 0 Å². The predicted molar refractivity (Wildman–Crippen MR) is 89.4 cm³/mol. The van der Waals surface area contributed by atoms with Gasteiger partial charge in [-0.3, -0.25) is 18.9 Å². The first kappa shape index (κ1) is 24.5. The van der Waals surface area contributed by atoms with Crippen molar-refractivity contribution in [3.05, 3.63) is 0 Å². The molecule has 150 valence electrons. The first-order valence-corrected chi connectivity index (χ1v) is 9.37. The van der Waals surface area contributed by atoms with Gasteiger partial charge in [-0.1, -0.05) is 0 Å². The number of rotatable bonds is 13. The Morgan fingerprint density at radius 2 is 1.73 bits per heavy atom. The van der Waals surface area contributed by atoms with Crippen molar-refractivity contribution >= 4 is 44.1 Å². The molecule has 0 heterocycles. The van der Waals surface area contributed by atoms with Gasteiger partial charge in [0.05, 0.1) is 12.5 Å². The number of nitrogens with two attached hydrogens (primary N) is 1. The van der Waals surface area contributed by atoms with E-state index in [0.717, 1.165) is 0 Å². The Balaban J connectivity index is 4.69. The topological polar surface area (TPSA) is 214 Å². The van der Waals surface area contributed by atoms with Crippen LogP contribution in [0.15, 0.2) is 0 Å². The number of carbonyl (C=O) groups excluding carboxylic acids is 2. The summed E-state index contributed by atoms with van der Waals surface area (Å²) in [5, 5.41) is 19.6. The molecule has 3 atom stereocenters. The Labute approximate surface area is 153 Å². The van der Waals surface area contributed by atoms with Gasteiger partial charge in [-0.05, 0) is 6.42 Å². The van der Waals surface area contributed by atoms with Gasteiger partial charge < -0.3 is 31.1 Å². The van der Waals surface area contributed by atoms with Gasteiger partial charge in [-0.15, -0.1) is 0 Å². The van der Waals surface area contributed by atoms with Crippen LogP contribution in [0.1, 0.15) is 19.3 Å². The maximum absolute atomic E-state index is 12.1. The monoisotopic (exact) mass is 416 g/mol. The summed E-state index contributed by atoms with van der Waals surface area (Å²) in [6.07, 6.45) is -0.634. The molecule has 0 spiro atoms. The highest BCUT2D eigenvalue weighted by molar-refractivity contribution is 7.80. The number of amides is 1. The maximum atomic E-state index is 12.1. The zero-order valence-electron chi connectivity index (χ0n) is 13.5. The lowest BCUT2D eigenvalue weighted by Gasteiger charge is -2.19. The third-order valence-electron chi connectivity index (χ3n) is 3.14. The average molecular weight is 416 g/mol. The first-order valence-electron chi connectivity index (χ1n) is 7.21. The molecule has 0 saturated heterocycles. The predicted octanol–water partition coefficient (Wildman–Crippen LogP) is -1.64. The fraction of sp³-hybridized carbons (Fsp3) is 0.667. The fourth-order valence-corrected chi connectivity index (χ4v) is 2.33.